The van der Waals surface area contributed by atoms with E-state index in [1.165, 1.54) is 18.2 Å². The van der Waals surface area contributed by atoms with Crippen LogP contribution in [0.2, 0.25) is 0 Å². The minimum atomic E-state index is 0.0880. The summed E-state index contributed by atoms with van der Waals surface area (Å²) in [6.07, 6.45) is 0. The second kappa shape index (κ2) is 5.80. The lowest BCUT2D eigenvalue weighted by Crippen LogP contribution is -1.76. The second-order valence-electron chi connectivity index (χ2n) is 3.76. The van der Waals surface area contributed by atoms with Crippen molar-refractivity contribution in [2.24, 2.45) is 0 Å². The zero-order valence-electron chi connectivity index (χ0n) is 9.88. The molecule has 0 heterocycles. The Morgan fingerprint density at radius 3 is 1.41 bits per heavy atom. The fourth-order valence-corrected chi connectivity index (χ4v) is 1.30. The summed E-state index contributed by atoms with van der Waals surface area (Å²) in [4.78, 5) is 0. The van der Waals surface area contributed by atoms with E-state index in [9.17, 15) is 5.11 Å². The minimum Gasteiger partial charge on any atom is -0.508 e. The predicted molar refractivity (Wildman–Crippen MR) is 67.4 cm³/mol. The van der Waals surface area contributed by atoms with Crippen LogP contribution in [-0.4, -0.2) is 15.3 Å². The molecule has 0 aliphatic rings. The molecule has 0 radical (unpaired) electrons. The Bertz CT molecular complexity index is 455. The monoisotopic (exact) mass is 232 g/mol. The van der Waals surface area contributed by atoms with Gasteiger partial charge in [-0.1, -0.05) is 24.3 Å². The molecular formula is C14H16O3. The molecule has 0 saturated carbocycles. The van der Waals surface area contributed by atoms with Crippen LogP contribution >= 0.6 is 0 Å². The zero-order valence-corrected chi connectivity index (χ0v) is 9.88. The molecule has 3 heteroatoms. The summed E-state index contributed by atoms with van der Waals surface area (Å²) in [7, 11) is 0. The molecule has 2 aromatic rings. The van der Waals surface area contributed by atoms with E-state index in [4.69, 9.17) is 10.2 Å². The van der Waals surface area contributed by atoms with E-state index in [2.05, 4.69) is 0 Å². The van der Waals surface area contributed by atoms with Gasteiger partial charge >= 0.3 is 0 Å². The van der Waals surface area contributed by atoms with Crippen LogP contribution in [0.4, 0.5) is 0 Å². The molecule has 2 aromatic carbocycles. The molecule has 0 fully saturated rings. The Morgan fingerprint density at radius 2 is 1.12 bits per heavy atom. The first-order valence-electron chi connectivity index (χ1n) is 5.24. The summed E-state index contributed by atoms with van der Waals surface area (Å²) in [6, 6.07) is 11.6. The van der Waals surface area contributed by atoms with Crippen molar-refractivity contribution in [3.8, 4) is 17.2 Å². The SMILES string of the molecule is Cc1cccc(C)c1O.Oc1cccc(O)c1. The fourth-order valence-electron chi connectivity index (χ4n) is 1.30. The third kappa shape index (κ3) is 4.07. The van der Waals surface area contributed by atoms with Crippen molar-refractivity contribution in [2.45, 2.75) is 13.8 Å². The van der Waals surface area contributed by atoms with Gasteiger partial charge in [0.05, 0.1) is 0 Å². The number of phenolic OH excluding ortho intramolecular Hbond substituents is 3. The number of phenols is 3. The van der Waals surface area contributed by atoms with E-state index in [-0.39, 0.29) is 11.5 Å². The van der Waals surface area contributed by atoms with E-state index in [0.29, 0.717) is 5.75 Å². The van der Waals surface area contributed by atoms with Crippen molar-refractivity contribution in [2.75, 3.05) is 0 Å². The molecule has 0 atom stereocenters. The smallest absolute Gasteiger partial charge is 0.121 e. The van der Waals surface area contributed by atoms with Gasteiger partial charge < -0.3 is 15.3 Å². The van der Waals surface area contributed by atoms with Crippen molar-refractivity contribution in [1.29, 1.82) is 0 Å². The molecule has 0 saturated heterocycles. The first-order valence-corrected chi connectivity index (χ1v) is 5.24. The van der Waals surface area contributed by atoms with Gasteiger partial charge in [-0.05, 0) is 37.1 Å². The molecule has 90 valence electrons. The Balaban J connectivity index is 0.000000171. The second-order valence-corrected chi connectivity index (χ2v) is 3.76. The molecule has 17 heavy (non-hydrogen) atoms. The van der Waals surface area contributed by atoms with Crippen LogP contribution in [0.3, 0.4) is 0 Å². The van der Waals surface area contributed by atoms with Crippen LogP contribution in [0.5, 0.6) is 17.2 Å². The minimum absolute atomic E-state index is 0.0880. The number of aryl methyl sites for hydroxylation is 2. The van der Waals surface area contributed by atoms with Crippen molar-refractivity contribution >= 4 is 0 Å². The normalized spacial score (nSPS) is 9.29. The van der Waals surface area contributed by atoms with Crippen LogP contribution in [0, 0.1) is 13.8 Å². The Morgan fingerprint density at radius 1 is 0.706 bits per heavy atom. The average molecular weight is 232 g/mol. The van der Waals surface area contributed by atoms with Gasteiger partial charge in [0.15, 0.2) is 0 Å². The van der Waals surface area contributed by atoms with E-state index in [1.807, 2.05) is 32.0 Å². The van der Waals surface area contributed by atoms with Gasteiger partial charge in [-0.15, -0.1) is 0 Å². The largest absolute Gasteiger partial charge is 0.508 e. The molecule has 0 aromatic heterocycles. The molecule has 0 unspecified atom stereocenters. The Labute approximate surface area is 101 Å². The maximum atomic E-state index is 9.21. The van der Waals surface area contributed by atoms with E-state index in [0.717, 1.165) is 11.1 Å². The fraction of sp³-hybridized carbons (Fsp3) is 0.143. The third-order valence-corrected chi connectivity index (χ3v) is 2.27. The highest BCUT2D eigenvalue weighted by molar-refractivity contribution is 5.38. The molecule has 0 aliphatic heterocycles. The molecule has 0 aliphatic carbocycles. The van der Waals surface area contributed by atoms with Crippen molar-refractivity contribution in [1.82, 2.24) is 0 Å². The lowest BCUT2D eigenvalue weighted by Gasteiger charge is -1.99. The van der Waals surface area contributed by atoms with Crippen molar-refractivity contribution in [3.05, 3.63) is 53.6 Å². The van der Waals surface area contributed by atoms with Crippen LogP contribution in [-0.2, 0) is 0 Å². The number of hydrogen-bond donors (Lipinski definition) is 3. The summed E-state index contributed by atoms with van der Waals surface area (Å²) >= 11 is 0. The van der Waals surface area contributed by atoms with Gasteiger partial charge in [0.25, 0.3) is 0 Å². The molecule has 3 nitrogen and oxygen atoms in total. The first kappa shape index (κ1) is 12.9. The lowest BCUT2D eigenvalue weighted by molar-refractivity contribution is 0.450. The molecule has 0 amide bonds. The van der Waals surface area contributed by atoms with Crippen LogP contribution in [0.1, 0.15) is 11.1 Å². The molecule has 0 bridgehead atoms. The highest BCUT2D eigenvalue weighted by Crippen LogP contribution is 2.19. The van der Waals surface area contributed by atoms with Gasteiger partial charge in [0.1, 0.15) is 17.2 Å². The number of benzene rings is 2. The van der Waals surface area contributed by atoms with Crippen molar-refractivity contribution in [3.63, 3.8) is 0 Å². The summed E-state index contributed by atoms with van der Waals surface area (Å²) in [6.45, 7) is 3.78. The molecule has 3 N–H and O–H groups in total. The summed E-state index contributed by atoms with van der Waals surface area (Å²) in [5.41, 5.74) is 1.88. The number of aromatic hydroxyl groups is 3. The van der Waals surface area contributed by atoms with E-state index < -0.39 is 0 Å². The van der Waals surface area contributed by atoms with Gasteiger partial charge in [0, 0.05) is 6.07 Å². The van der Waals surface area contributed by atoms with E-state index in [1.54, 1.807) is 6.07 Å². The van der Waals surface area contributed by atoms with E-state index >= 15 is 0 Å². The lowest BCUT2D eigenvalue weighted by atomic mass is 10.1. The van der Waals surface area contributed by atoms with Crippen LogP contribution in [0.15, 0.2) is 42.5 Å². The third-order valence-electron chi connectivity index (χ3n) is 2.27. The number of rotatable bonds is 0. The summed E-state index contributed by atoms with van der Waals surface area (Å²) in [5.74, 6) is 0.590. The zero-order chi connectivity index (χ0) is 12.8. The van der Waals surface area contributed by atoms with Gasteiger partial charge in [-0.3, -0.25) is 0 Å². The average Bonchev–Trinajstić information content (AvgIpc) is 2.26. The van der Waals surface area contributed by atoms with Gasteiger partial charge in [-0.25, -0.2) is 0 Å². The number of hydrogen-bond acceptors (Lipinski definition) is 3. The maximum absolute atomic E-state index is 9.21. The van der Waals surface area contributed by atoms with Crippen LogP contribution < -0.4 is 0 Å². The van der Waals surface area contributed by atoms with Gasteiger partial charge in [-0.2, -0.15) is 0 Å². The number of para-hydroxylation sites is 1. The highest BCUT2D eigenvalue weighted by atomic mass is 16.3. The first-order chi connectivity index (χ1) is 8.00. The summed E-state index contributed by atoms with van der Waals surface area (Å²) in [5, 5.41) is 26.5. The Hall–Kier alpha value is -2.16. The Kier molecular flexibility index (Phi) is 4.40. The molecule has 2 rings (SSSR count). The quantitative estimate of drug-likeness (QED) is 0.654. The summed E-state index contributed by atoms with van der Waals surface area (Å²) < 4.78 is 0. The predicted octanol–water partition coefficient (Wildman–Crippen LogP) is 3.11. The van der Waals surface area contributed by atoms with Gasteiger partial charge in [0.2, 0.25) is 0 Å². The van der Waals surface area contributed by atoms with Crippen molar-refractivity contribution < 1.29 is 15.3 Å². The molecular weight excluding hydrogens is 216 g/mol. The topological polar surface area (TPSA) is 60.7 Å². The maximum Gasteiger partial charge on any atom is 0.121 e. The van der Waals surface area contributed by atoms with Crippen LogP contribution in [0.25, 0.3) is 0 Å². The standard InChI is InChI=1S/C8H10O.C6H6O2/c1-6-4-3-5-7(2)8(6)9;7-5-2-1-3-6(8)4-5/h3-5,9H,1-2H3;1-4,7-8H. The molecule has 0 spiro atoms. The highest BCUT2D eigenvalue weighted by Gasteiger charge is 1.95.